The number of carbonyl (C=O) groups is 3. The minimum absolute atomic E-state index is 0.0195. The Balaban J connectivity index is 1.38. The second-order valence-electron chi connectivity index (χ2n) is 7.67. The van der Waals surface area contributed by atoms with Crippen molar-refractivity contribution in [1.29, 1.82) is 0 Å². The first-order valence-electron chi connectivity index (χ1n) is 9.76. The predicted octanol–water partition coefficient (Wildman–Crippen LogP) is 2.11. The van der Waals surface area contributed by atoms with E-state index in [2.05, 4.69) is 10.6 Å². The average Bonchev–Trinajstić information content (AvgIpc) is 3.25. The molecule has 3 amide bonds. The van der Waals surface area contributed by atoms with E-state index in [1.807, 2.05) is 6.92 Å². The number of benzene rings is 2. The molecule has 0 unspecified atom stereocenters. The van der Waals surface area contributed by atoms with Gasteiger partial charge in [-0.1, -0.05) is 12.1 Å². The molecule has 0 saturated carbocycles. The summed E-state index contributed by atoms with van der Waals surface area (Å²) in [5, 5.41) is 5.64. The lowest BCUT2D eigenvalue weighted by Crippen LogP contribution is -2.35. The van der Waals surface area contributed by atoms with Crippen LogP contribution in [0.3, 0.4) is 0 Å². The number of likely N-dealkylation sites (tertiary alicyclic amines) is 1. The van der Waals surface area contributed by atoms with E-state index in [0.717, 1.165) is 5.56 Å². The Morgan fingerprint density at radius 3 is 2.83 bits per heavy atom. The van der Waals surface area contributed by atoms with Crippen LogP contribution in [0.5, 0.6) is 5.75 Å². The van der Waals surface area contributed by atoms with Gasteiger partial charge in [0.1, 0.15) is 11.6 Å². The third-order valence-electron chi connectivity index (χ3n) is 5.45. The first-order chi connectivity index (χ1) is 14.4. The van der Waals surface area contributed by atoms with Gasteiger partial charge in [0.15, 0.2) is 6.61 Å². The Hall–Kier alpha value is -3.42. The minimum Gasteiger partial charge on any atom is -0.484 e. The Labute approximate surface area is 173 Å². The Bertz CT molecular complexity index is 994. The zero-order valence-electron chi connectivity index (χ0n) is 16.5. The second kappa shape index (κ2) is 8.14. The van der Waals surface area contributed by atoms with E-state index in [1.54, 1.807) is 29.2 Å². The van der Waals surface area contributed by atoms with E-state index in [-0.39, 0.29) is 36.1 Å². The van der Waals surface area contributed by atoms with Gasteiger partial charge in [-0.15, -0.1) is 0 Å². The van der Waals surface area contributed by atoms with E-state index < -0.39 is 11.7 Å². The monoisotopic (exact) mass is 411 g/mol. The van der Waals surface area contributed by atoms with Gasteiger partial charge in [0.05, 0.1) is 6.04 Å². The van der Waals surface area contributed by atoms with Crippen LogP contribution in [-0.2, 0) is 9.59 Å². The molecule has 2 aromatic rings. The number of fused-ring (bicyclic) bond motifs is 1. The smallest absolute Gasteiger partial charge is 0.262 e. The summed E-state index contributed by atoms with van der Waals surface area (Å²) in [6.07, 6.45) is 0.453. The molecule has 7 nitrogen and oxygen atoms in total. The van der Waals surface area contributed by atoms with Gasteiger partial charge < -0.3 is 20.3 Å². The van der Waals surface area contributed by atoms with Crippen molar-refractivity contribution in [3.8, 4) is 5.75 Å². The summed E-state index contributed by atoms with van der Waals surface area (Å²) in [5.74, 6) is -0.530. The van der Waals surface area contributed by atoms with Gasteiger partial charge in [-0.25, -0.2) is 4.39 Å². The molecule has 156 valence electrons. The number of hydrogen-bond acceptors (Lipinski definition) is 4. The lowest BCUT2D eigenvalue weighted by molar-refractivity contribution is -0.120. The number of nitrogens with zero attached hydrogens (tertiary/aromatic N) is 1. The molecule has 8 heteroatoms. The standard InChI is InChI=1S/C22H22FN3O4/c1-13-5-6-14(22(29)26-10-15-8-20(27)25-19(15)11-26)7-18(13)24-21(28)12-30-17-4-2-3-16(23)9-17/h2-7,9,15,19H,8,10-12H2,1H3,(H,24,28)(H,25,27)/t15-,19+/m0/s1. The van der Waals surface area contributed by atoms with Crippen LogP contribution in [0.1, 0.15) is 22.3 Å². The highest BCUT2D eigenvalue weighted by Crippen LogP contribution is 2.27. The molecule has 0 aliphatic carbocycles. The third kappa shape index (κ3) is 4.27. The van der Waals surface area contributed by atoms with E-state index in [1.165, 1.54) is 18.2 Å². The topological polar surface area (TPSA) is 87.7 Å². The molecule has 0 aromatic heterocycles. The molecule has 2 aliphatic rings. The molecule has 2 heterocycles. The van der Waals surface area contributed by atoms with Gasteiger partial charge >= 0.3 is 0 Å². The minimum atomic E-state index is -0.444. The Morgan fingerprint density at radius 2 is 2.07 bits per heavy atom. The van der Waals surface area contributed by atoms with E-state index in [0.29, 0.717) is 30.8 Å². The summed E-state index contributed by atoms with van der Waals surface area (Å²) in [4.78, 5) is 38.3. The second-order valence-corrected chi connectivity index (χ2v) is 7.67. The average molecular weight is 411 g/mol. The summed E-state index contributed by atoms with van der Waals surface area (Å²) in [6.45, 7) is 2.58. The lowest BCUT2D eigenvalue weighted by Gasteiger charge is -2.18. The summed E-state index contributed by atoms with van der Waals surface area (Å²) in [6, 6.07) is 10.7. The predicted molar refractivity (Wildman–Crippen MR) is 108 cm³/mol. The van der Waals surface area contributed by atoms with Crippen LogP contribution >= 0.6 is 0 Å². The molecule has 0 bridgehead atoms. The van der Waals surface area contributed by atoms with Gasteiger partial charge in [0.25, 0.3) is 11.8 Å². The number of nitrogens with one attached hydrogen (secondary N) is 2. The van der Waals surface area contributed by atoms with Gasteiger partial charge in [-0.2, -0.15) is 0 Å². The van der Waals surface area contributed by atoms with Gasteiger partial charge in [0, 0.05) is 42.7 Å². The molecule has 30 heavy (non-hydrogen) atoms. The fraction of sp³-hybridized carbons (Fsp3) is 0.318. The van der Waals surface area contributed by atoms with Crippen LogP contribution in [0.2, 0.25) is 0 Å². The van der Waals surface area contributed by atoms with Crippen LogP contribution < -0.4 is 15.4 Å². The van der Waals surface area contributed by atoms with Crippen molar-refractivity contribution in [2.45, 2.75) is 19.4 Å². The molecule has 2 aliphatic heterocycles. The van der Waals surface area contributed by atoms with Crippen molar-refractivity contribution in [1.82, 2.24) is 10.2 Å². The zero-order chi connectivity index (χ0) is 21.3. The number of amides is 3. The normalized spacial score (nSPS) is 19.9. The van der Waals surface area contributed by atoms with Gasteiger partial charge in [0.2, 0.25) is 5.91 Å². The fourth-order valence-corrected chi connectivity index (χ4v) is 3.88. The highest BCUT2D eigenvalue weighted by molar-refractivity contribution is 5.98. The Morgan fingerprint density at radius 1 is 1.23 bits per heavy atom. The molecule has 0 radical (unpaired) electrons. The maximum absolute atomic E-state index is 13.2. The van der Waals surface area contributed by atoms with Crippen LogP contribution in [-0.4, -0.2) is 48.4 Å². The van der Waals surface area contributed by atoms with Crippen molar-refractivity contribution in [3.63, 3.8) is 0 Å². The molecular weight excluding hydrogens is 389 g/mol. The summed E-state index contributed by atoms with van der Waals surface area (Å²) in [7, 11) is 0. The molecule has 2 saturated heterocycles. The highest BCUT2D eigenvalue weighted by Gasteiger charge is 2.41. The van der Waals surface area contributed by atoms with Gasteiger partial charge in [-0.05, 0) is 36.8 Å². The number of halogens is 1. The molecular formula is C22H22FN3O4. The summed E-state index contributed by atoms with van der Waals surface area (Å²) >= 11 is 0. The summed E-state index contributed by atoms with van der Waals surface area (Å²) in [5.41, 5.74) is 1.78. The number of rotatable bonds is 5. The zero-order valence-corrected chi connectivity index (χ0v) is 16.5. The van der Waals surface area contributed by atoms with Crippen molar-refractivity contribution in [2.24, 2.45) is 5.92 Å². The van der Waals surface area contributed by atoms with Crippen LogP contribution in [0.25, 0.3) is 0 Å². The van der Waals surface area contributed by atoms with Crippen LogP contribution in [0.4, 0.5) is 10.1 Å². The molecule has 0 spiro atoms. The summed E-state index contributed by atoms with van der Waals surface area (Å²) < 4.78 is 18.5. The number of carbonyl (C=O) groups excluding carboxylic acids is 3. The van der Waals surface area contributed by atoms with Crippen molar-refractivity contribution in [2.75, 3.05) is 25.0 Å². The van der Waals surface area contributed by atoms with Crippen LogP contribution in [0, 0.1) is 18.7 Å². The first kappa shape index (κ1) is 19.9. The SMILES string of the molecule is Cc1ccc(C(=O)N2C[C@@H]3CC(=O)N[C@@H]3C2)cc1NC(=O)COc1cccc(F)c1. The number of anilines is 1. The van der Waals surface area contributed by atoms with Crippen molar-refractivity contribution < 1.29 is 23.5 Å². The number of ether oxygens (including phenoxy) is 1. The van der Waals surface area contributed by atoms with E-state index in [9.17, 15) is 18.8 Å². The maximum Gasteiger partial charge on any atom is 0.262 e. The number of aryl methyl sites for hydroxylation is 1. The fourth-order valence-electron chi connectivity index (χ4n) is 3.88. The Kier molecular flexibility index (Phi) is 5.39. The maximum atomic E-state index is 13.2. The van der Waals surface area contributed by atoms with Crippen LogP contribution in [0.15, 0.2) is 42.5 Å². The molecule has 2 fully saturated rings. The largest absolute Gasteiger partial charge is 0.484 e. The third-order valence-corrected chi connectivity index (χ3v) is 5.45. The molecule has 2 atom stereocenters. The highest BCUT2D eigenvalue weighted by atomic mass is 19.1. The quantitative estimate of drug-likeness (QED) is 0.789. The van der Waals surface area contributed by atoms with E-state index in [4.69, 9.17) is 4.74 Å². The number of hydrogen-bond donors (Lipinski definition) is 2. The molecule has 2 aromatic carbocycles. The first-order valence-corrected chi connectivity index (χ1v) is 9.76. The lowest BCUT2D eigenvalue weighted by atomic mass is 10.1. The molecule has 2 N–H and O–H groups in total. The van der Waals surface area contributed by atoms with Gasteiger partial charge in [-0.3, -0.25) is 14.4 Å². The van der Waals surface area contributed by atoms with Crippen molar-refractivity contribution >= 4 is 23.4 Å². The molecule has 4 rings (SSSR count). The van der Waals surface area contributed by atoms with E-state index >= 15 is 0 Å². The van der Waals surface area contributed by atoms with Crippen molar-refractivity contribution in [3.05, 3.63) is 59.4 Å².